The van der Waals surface area contributed by atoms with Crippen molar-refractivity contribution in [1.82, 2.24) is 10.2 Å². The van der Waals surface area contributed by atoms with Crippen molar-refractivity contribution in [2.45, 2.75) is 25.8 Å². The molecule has 1 aromatic rings. The van der Waals surface area contributed by atoms with Crippen molar-refractivity contribution in [3.8, 4) is 5.75 Å². The lowest BCUT2D eigenvalue weighted by Gasteiger charge is -2.14. The molecule has 9 heteroatoms. The summed E-state index contributed by atoms with van der Waals surface area (Å²) in [6.45, 7) is 1.66. The number of carbonyl (C=O) groups excluding carboxylic acids is 2. The van der Waals surface area contributed by atoms with E-state index in [9.17, 15) is 19.5 Å². The molecule has 0 aliphatic carbocycles. The molecule has 0 bridgehead atoms. The van der Waals surface area contributed by atoms with E-state index in [4.69, 9.17) is 17.3 Å². The van der Waals surface area contributed by atoms with Crippen LogP contribution >= 0.6 is 24.0 Å². The van der Waals surface area contributed by atoms with Crippen LogP contribution in [0.3, 0.4) is 0 Å². The summed E-state index contributed by atoms with van der Waals surface area (Å²) < 4.78 is 0.403. The summed E-state index contributed by atoms with van der Waals surface area (Å²) in [6.07, 6.45) is 2.12. The fraction of sp³-hybridized carbons (Fsp3) is 0.294. The molecule has 0 radical (unpaired) electrons. The molecule has 1 aliphatic rings. The Labute approximate surface area is 160 Å². The number of nitrogens with zero attached hydrogens (tertiary/aromatic N) is 1. The second-order valence-electron chi connectivity index (χ2n) is 5.66. The Bertz CT molecular complexity index is 778. The molecule has 138 valence electrons. The maximum Gasteiger partial charge on any atom is 0.325 e. The van der Waals surface area contributed by atoms with E-state index in [1.54, 1.807) is 30.3 Å². The monoisotopic (exact) mass is 394 g/mol. The Balaban J connectivity index is 1.91. The van der Waals surface area contributed by atoms with Crippen molar-refractivity contribution in [2.24, 2.45) is 0 Å². The molecule has 7 nitrogen and oxygen atoms in total. The topological polar surface area (TPSA) is 107 Å². The first-order valence-corrected chi connectivity index (χ1v) is 9.07. The lowest BCUT2D eigenvalue weighted by molar-refractivity contribution is -0.141. The first-order chi connectivity index (χ1) is 12.3. The van der Waals surface area contributed by atoms with Crippen LogP contribution in [0, 0.1) is 0 Å². The molecule has 1 saturated heterocycles. The van der Waals surface area contributed by atoms with Gasteiger partial charge < -0.3 is 15.5 Å². The van der Waals surface area contributed by atoms with E-state index in [1.165, 1.54) is 11.8 Å². The van der Waals surface area contributed by atoms with E-state index in [1.807, 2.05) is 0 Å². The summed E-state index contributed by atoms with van der Waals surface area (Å²) in [5.41, 5.74) is 0.688. The van der Waals surface area contributed by atoms with Crippen molar-refractivity contribution < 1.29 is 24.6 Å². The predicted octanol–water partition coefficient (Wildman–Crippen LogP) is 1.96. The summed E-state index contributed by atoms with van der Waals surface area (Å²) in [7, 11) is 0. The van der Waals surface area contributed by atoms with Crippen LogP contribution in [0.15, 0.2) is 29.2 Å². The smallest absolute Gasteiger partial charge is 0.325 e. The van der Waals surface area contributed by atoms with Crippen molar-refractivity contribution in [3.05, 3.63) is 34.7 Å². The van der Waals surface area contributed by atoms with Crippen LogP contribution in [0.4, 0.5) is 0 Å². The number of phenols is 1. The molecule has 0 aromatic heterocycles. The minimum atomic E-state index is -1.10. The molecule has 1 atom stereocenters. The third-order valence-corrected chi connectivity index (χ3v) is 4.95. The Morgan fingerprint density at radius 3 is 2.81 bits per heavy atom. The van der Waals surface area contributed by atoms with E-state index in [2.05, 4.69) is 5.32 Å². The van der Waals surface area contributed by atoms with Gasteiger partial charge in [0.15, 0.2) is 0 Å². The molecule has 1 heterocycles. The van der Waals surface area contributed by atoms with Gasteiger partial charge in [0.05, 0.1) is 4.91 Å². The number of amides is 2. The molecular weight excluding hydrogens is 376 g/mol. The van der Waals surface area contributed by atoms with Crippen LogP contribution in [0.5, 0.6) is 5.75 Å². The molecule has 3 N–H and O–H groups in total. The summed E-state index contributed by atoms with van der Waals surface area (Å²) in [6, 6.07) is 5.57. The number of carboxylic acids is 1. The highest BCUT2D eigenvalue weighted by Gasteiger charge is 2.31. The van der Waals surface area contributed by atoms with E-state index in [0.29, 0.717) is 21.2 Å². The molecule has 2 amide bonds. The van der Waals surface area contributed by atoms with Gasteiger partial charge in [-0.1, -0.05) is 36.1 Å². The fourth-order valence-corrected chi connectivity index (χ4v) is 3.54. The third-order valence-electron chi connectivity index (χ3n) is 3.58. The number of thioether (sulfide) groups is 1. The SMILES string of the molecule is CC(NC(=O)CCCN1C(=O)/C(=C/c2cccc(O)c2)SC1=S)C(=O)O. The van der Waals surface area contributed by atoms with Crippen LogP contribution in [-0.4, -0.2) is 49.8 Å². The summed E-state index contributed by atoms with van der Waals surface area (Å²) in [4.78, 5) is 36.7. The highest BCUT2D eigenvalue weighted by atomic mass is 32.2. The highest BCUT2D eigenvalue weighted by molar-refractivity contribution is 8.26. The number of nitrogens with one attached hydrogen (secondary N) is 1. The molecule has 1 unspecified atom stereocenters. The second kappa shape index (κ2) is 8.81. The van der Waals surface area contributed by atoms with Crippen LogP contribution in [0.25, 0.3) is 6.08 Å². The molecule has 1 aromatic carbocycles. The second-order valence-corrected chi connectivity index (χ2v) is 7.34. The molecule has 0 spiro atoms. The highest BCUT2D eigenvalue weighted by Crippen LogP contribution is 2.33. The van der Waals surface area contributed by atoms with Crippen molar-refractivity contribution in [3.63, 3.8) is 0 Å². The number of hydrogen-bond donors (Lipinski definition) is 3. The Morgan fingerprint density at radius 1 is 1.42 bits per heavy atom. The first-order valence-electron chi connectivity index (χ1n) is 7.84. The lowest BCUT2D eigenvalue weighted by Crippen LogP contribution is -2.38. The van der Waals surface area contributed by atoms with Gasteiger partial charge in [0.25, 0.3) is 5.91 Å². The van der Waals surface area contributed by atoms with Crippen LogP contribution in [0.1, 0.15) is 25.3 Å². The zero-order valence-electron chi connectivity index (χ0n) is 14.0. The lowest BCUT2D eigenvalue weighted by atomic mass is 10.2. The van der Waals surface area contributed by atoms with Gasteiger partial charge >= 0.3 is 5.97 Å². The van der Waals surface area contributed by atoms with Gasteiger partial charge in [-0.05, 0) is 37.1 Å². The predicted molar refractivity (Wildman–Crippen MR) is 102 cm³/mol. The van der Waals surface area contributed by atoms with Crippen LogP contribution in [0.2, 0.25) is 0 Å². The number of aliphatic carboxylic acids is 1. The van der Waals surface area contributed by atoms with Crippen LogP contribution in [-0.2, 0) is 14.4 Å². The average molecular weight is 394 g/mol. The molecule has 1 fully saturated rings. The van der Waals surface area contributed by atoms with Gasteiger partial charge in [-0.2, -0.15) is 0 Å². The molecule has 2 rings (SSSR count). The van der Waals surface area contributed by atoms with Gasteiger partial charge in [-0.3, -0.25) is 19.3 Å². The normalized spacial score (nSPS) is 16.8. The molecule has 26 heavy (non-hydrogen) atoms. The summed E-state index contributed by atoms with van der Waals surface area (Å²) in [5.74, 6) is -1.63. The summed E-state index contributed by atoms with van der Waals surface area (Å²) in [5, 5.41) is 20.6. The Hall–Kier alpha value is -2.39. The van der Waals surface area contributed by atoms with E-state index in [0.717, 1.165) is 11.8 Å². The van der Waals surface area contributed by atoms with E-state index >= 15 is 0 Å². The maximum atomic E-state index is 12.5. The Kier molecular flexibility index (Phi) is 6.76. The van der Waals surface area contributed by atoms with Gasteiger partial charge in [-0.25, -0.2) is 0 Å². The van der Waals surface area contributed by atoms with Gasteiger partial charge in [0, 0.05) is 13.0 Å². The van der Waals surface area contributed by atoms with Crippen molar-refractivity contribution in [2.75, 3.05) is 6.54 Å². The third kappa shape index (κ3) is 5.30. The summed E-state index contributed by atoms with van der Waals surface area (Å²) >= 11 is 6.38. The number of phenolic OH excluding ortho intramolecular Hbond substituents is 1. The molecule has 1 aliphatic heterocycles. The number of thiocarbonyl (C=S) groups is 1. The van der Waals surface area contributed by atoms with Gasteiger partial charge in [-0.15, -0.1) is 0 Å². The number of carbonyl (C=O) groups is 3. The number of aromatic hydroxyl groups is 1. The van der Waals surface area contributed by atoms with Crippen molar-refractivity contribution >= 4 is 52.2 Å². The van der Waals surface area contributed by atoms with E-state index < -0.39 is 12.0 Å². The number of benzene rings is 1. The molecular formula is C17H18N2O5S2. The van der Waals surface area contributed by atoms with E-state index in [-0.39, 0.29) is 30.5 Å². The average Bonchev–Trinajstić information content (AvgIpc) is 2.82. The zero-order valence-corrected chi connectivity index (χ0v) is 15.6. The fourth-order valence-electron chi connectivity index (χ4n) is 2.23. The standard InChI is InChI=1S/C17H18N2O5S2/c1-10(16(23)24)18-14(21)6-3-7-19-15(22)13(26-17(19)25)9-11-4-2-5-12(20)8-11/h2,4-5,8-10,20H,3,6-7H2,1H3,(H,18,21)(H,23,24)/b13-9-. The number of carboxylic acid groups (broad SMARTS) is 1. The quantitative estimate of drug-likeness (QED) is 0.479. The Morgan fingerprint density at radius 2 is 2.15 bits per heavy atom. The maximum absolute atomic E-state index is 12.5. The number of hydrogen-bond acceptors (Lipinski definition) is 6. The van der Waals surface area contributed by atoms with Gasteiger partial charge in [0.1, 0.15) is 16.1 Å². The minimum Gasteiger partial charge on any atom is -0.508 e. The minimum absolute atomic E-state index is 0.0975. The largest absolute Gasteiger partial charge is 0.508 e. The number of rotatable bonds is 7. The van der Waals surface area contributed by atoms with Crippen molar-refractivity contribution in [1.29, 1.82) is 0 Å². The van der Waals surface area contributed by atoms with Crippen LogP contribution < -0.4 is 5.32 Å². The molecule has 0 saturated carbocycles. The first kappa shape index (κ1) is 19.9. The van der Waals surface area contributed by atoms with Gasteiger partial charge in [0.2, 0.25) is 5.91 Å². The zero-order chi connectivity index (χ0) is 19.3.